The highest BCUT2D eigenvalue weighted by Crippen LogP contribution is 2.31. The van der Waals surface area contributed by atoms with E-state index in [1.807, 2.05) is 13.0 Å². The molecule has 0 aliphatic rings. The van der Waals surface area contributed by atoms with Gasteiger partial charge < -0.3 is 10.6 Å². The minimum atomic E-state index is -4.55. The normalized spacial score (nSPS) is 11.5. The Morgan fingerprint density at radius 1 is 1.11 bits per heavy atom. The van der Waals surface area contributed by atoms with Crippen LogP contribution in [0.5, 0.6) is 0 Å². The van der Waals surface area contributed by atoms with E-state index in [-0.39, 0.29) is 11.1 Å². The molecule has 0 fully saturated rings. The monoisotopic (exact) mass is 578 g/mol. The van der Waals surface area contributed by atoms with Gasteiger partial charge in [-0.3, -0.25) is 19.0 Å². The molecule has 2 N–H and O–H groups in total. The first-order chi connectivity index (χ1) is 16.9. The fraction of sp³-hybridized carbons (Fsp3) is 0.167. The van der Waals surface area contributed by atoms with Gasteiger partial charge in [-0.2, -0.15) is 13.2 Å². The van der Waals surface area contributed by atoms with Crippen molar-refractivity contribution in [2.24, 2.45) is 0 Å². The number of rotatable bonds is 5. The van der Waals surface area contributed by atoms with E-state index in [9.17, 15) is 27.6 Å². The van der Waals surface area contributed by atoms with Gasteiger partial charge in [0.25, 0.3) is 11.5 Å². The van der Waals surface area contributed by atoms with Crippen molar-refractivity contribution in [3.8, 4) is 0 Å². The number of amides is 2. The maximum Gasteiger partial charge on any atom is 0.416 e. The molecule has 12 heteroatoms. The third kappa shape index (κ3) is 5.34. The Morgan fingerprint density at radius 2 is 1.86 bits per heavy atom. The zero-order valence-electron chi connectivity index (χ0n) is 18.9. The molecule has 2 aromatic heterocycles. The number of nitrogens with one attached hydrogen (secondary N) is 2. The minimum Gasteiger partial charge on any atom is -0.325 e. The first kappa shape index (κ1) is 25.6. The minimum absolute atomic E-state index is 0.0502. The van der Waals surface area contributed by atoms with Crippen molar-refractivity contribution >= 4 is 60.7 Å². The summed E-state index contributed by atoms with van der Waals surface area (Å²) < 4.78 is 40.7. The molecule has 0 saturated heterocycles. The summed E-state index contributed by atoms with van der Waals surface area (Å²) in [7, 11) is 0. The second-order valence-electron chi connectivity index (χ2n) is 7.95. The smallest absolute Gasteiger partial charge is 0.325 e. The lowest BCUT2D eigenvalue weighted by atomic mass is 10.2. The number of fused-ring (bicyclic) bond motifs is 1. The lowest BCUT2D eigenvalue weighted by Crippen LogP contribution is -2.28. The number of aryl methyl sites for hydroxylation is 2. The number of alkyl halides is 3. The number of hydrogen-bond acceptors (Lipinski definition) is 5. The number of nitrogens with zero attached hydrogens (tertiary/aromatic N) is 2. The molecule has 2 heterocycles. The van der Waals surface area contributed by atoms with E-state index >= 15 is 0 Å². The van der Waals surface area contributed by atoms with Gasteiger partial charge in [0, 0.05) is 15.8 Å². The lowest BCUT2D eigenvalue weighted by Gasteiger charge is -2.10. The molecule has 0 aliphatic heterocycles. The number of aromatic nitrogens is 2. The third-order valence-corrected chi connectivity index (χ3v) is 7.04. The fourth-order valence-electron chi connectivity index (χ4n) is 3.56. The van der Waals surface area contributed by atoms with Crippen molar-refractivity contribution in [1.29, 1.82) is 0 Å². The van der Waals surface area contributed by atoms with Crippen molar-refractivity contribution in [3.05, 3.63) is 85.2 Å². The van der Waals surface area contributed by atoms with Crippen molar-refractivity contribution in [2.45, 2.75) is 26.6 Å². The predicted octanol–water partition coefficient (Wildman–Crippen LogP) is 5.75. The number of thiophene rings is 1. The summed E-state index contributed by atoms with van der Waals surface area (Å²) in [6.45, 7) is 3.01. The van der Waals surface area contributed by atoms with Crippen LogP contribution in [-0.2, 0) is 17.5 Å². The zero-order chi connectivity index (χ0) is 26.2. The van der Waals surface area contributed by atoms with Gasteiger partial charge in [-0.25, -0.2) is 4.98 Å². The molecule has 2 aromatic carbocycles. The number of halogens is 4. The standard InChI is InChI=1S/C24H18BrF3N4O3S/c1-12-8-15(25)6-7-17(12)31-21(34)20-13(2)19-22(36-20)29-11-32(23(19)35)10-18(33)30-16-5-3-4-14(9-16)24(26,27)28/h3-9,11H,10H2,1-2H3,(H,30,33)(H,31,34). The van der Waals surface area contributed by atoms with E-state index in [0.29, 0.717) is 21.0 Å². The summed E-state index contributed by atoms with van der Waals surface area (Å²) in [6.07, 6.45) is -3.38. The molecule has 4 rings (SSSR count). The summed E-state index contributed by atoms with van der Waals surface area (Å²) in [4.78, 5) is 43.3. The molecule has 0 aliphatic carbocycles. The Balaban J connectivity index is 1.56. The molecule has 2 amide bonds. The molecule has 0 unspecified atom stereocenters. The van der Waals surface area contributed by atoms with Gasteiger partial charge in [0.15, 0.2) is 0 Å². The largest absolute Gasteiger partial charge is 0.416 e. The number of benzene rings is 2. The Labute approximate surface area is 215 Å². The van der Waals surface area contributed by atoms with Gasteiger partial charge in [-0.1, -0.05) is 22.0 Å². The zero-order valence-corrected chi connectivity index (χ0v) is 21.3. The molecule has 4 aromatic rings. The molecule has 186 valence electrons. The molecule has 0 saturated carbocycles. The van der Waals surface area contributed by atoms with E-state index in [0.717, 1.165) is 38.1 Å². The number of anilines is 2. The number of carbonyl (C=O) groups is 2. The van der Waals surface area contributed by atoms with Crippen molar-refractivity contribution in [1.82, 2.24) is 9.55 Å². The topological polar surface area (TPSA) is 93.1 Å². The van der Waals surface area contributed by atoms with Gasteiger partial charge in [0.05, 0.1) is 22.2 Å². The Hall–Kier alpha value is -3.51. The second-order valence-corrected chi connectivity index (χ2v) is 9.87. The molecule has 7 nitrogen and oxygen atoms in total. The van der Waals surface area contributed by atoms with Crippen LogP contribution in [0, 0.1) is 13.8 Å². The van der Waals surface area contributed by atoms with Crippen LogP contribution in [0.15, 0.2) is 58.1 Å². The highest BCUT2D eigenvalue weighted by molar-refractivity contribution is 9.10. The van der Waals surface area contributed by atoms with Crippen molar-refractivity contribution < 1.29 is 22.8 Å². The van der Waals surface area contributed by atoms with E-state index in [4.69, 9.17) is 0 Å². The fourth-order valence-corrected chi connectivity index (χ4v) is 5.07. The Bertz CT molecular complexity index is 1560. The lowest BCUT2D eigenvalue weighted by molar-refractivity contribution is -0.137. The van der Waals surface area contributed by atoms with Crippen LogP contribution in [0.25, 0.3) is 10.2 Å². The van der Waals surface area contributed by atoms with Gasteiger partial charge in [-0.15, -0.1) is 11.3 Å². The average Bonchev–Trinajstić information content (AvgIpc) is 3.14. The summed E-state index contributed by atoms with van der Waals surface area (Å²) in [5.74, 6) is -1.09. The number of hydrogen-bond donors (Lipinski definition) is 2. The van der Waals surface area contributed by atoms with E-state index < -0.39 is 35.7 Å². The summed E-state index contributed by atoms with van der Waals surface area (Å²) >= 11 is 4.43. The van der Waals surface area contributed by atoms with Gasteiger partial charge in [0.1, 0.15) is 11.4 Å². The first-order valence-electron chi connectivity index (χ1n) is 10.5. The third-order valence-electron chi connectivity index (χ3n) is 5.35. The van der Waals surface area contributed by atoms with Gasteiger partial charge >= 0.3 is 6.18 Å². The van der Waals surface area contributed by atoms with E-state index in [1.54, 1.807) is 19.1 Å². The molecule has 0 atom stereocenters. The van der Waals surface area contributed by atoms with Gasteiger partial charge in [-0.05, 0) is 61.4 Å². The maximum absolute atomic E-state index is 13.1. The van der Waals surface area contributed by atoms with Crippen LogP contribution < -0.4 is 16.2 Å². The molecule has 0 spiro atoms. The predicted molar refractivity (Wildman–Crippen MR) is 136 cm³/mol. The summed E-state index contributed by atoms with van der Waals surface area (Å²) in [5.41, 5.74) is 0.407. The SMILES string of the molecule is Cc1cc(Br)ccc1NC(=O)c1sc2ncn(CC(=O)Nc3cccc(C(F)(F)F)c3)c(=O)c2c1C. The Morgan fingerprint density at radius 3 is 2.56 bits per heavy atom. The van der Waals surface area contributed by atoms with Crippen LogP contribution in [0.4, 0.5) is 24.5 Å². The molecule has 0 radical (unpaired) electrons. The van der Waals surface area contributed by atoms with Gasteiger partial charge in [0.2, 0.25) is 5.91 Å². The number of carbonyl (C=O) groups excluding carboxylic acids is 2. The highest BCUT2D eigenvalue weighted by atomic mass is 79.9. The molecular formula is C24H18BrF3N4O3S. The van der Waals surface area contributed by atoms with Crippen LogP contribution in [0.3, 0.4) is 0 Å². The van der Waals surface area contributed by atoms with Crippen LogP contribution >= 0.6 is 27.3 Å². The first-order valence-corrected chi connectivity index (χ1v) is 12.1. The summed E-state index contributed by atoms with van der Waals surface area (Å²) in [6, 6.07) is 9.61. The Kier molecular flexibility index (Phi) is 7.01. The van der Waals surface area contributed by atoms with Crippen LogP contribution in [0.2, 0.25) is 0 Å². The maximum atomic E-state index is 13.1. The van der Waals surface area contributed by atoms with Crippen molar-refractivity contribution in [2.75, 3.05) is 10.6 Å². The van der Waals surface area contributed by atoms with E-state index in [2.05, 4.69) is 31.5 Å². The van der Waals surface area contributed by atoms with Crippen LogP contribution in [-0.4, -0.2) is 21.4 Å². The average molecular weight is 579 g/mol. The van der Waals surface area contributed by atoms with Crippen molar-refractivity contribution in [3.63, 3.8) is 0 Å². The summed E-state index contributed by atoms with van der Waals surface area (Å²) in [5, 5.41) is 5.40. The molecule has 0 bridgehead atoms. The highest BCUT2D eigenvalue weighted by Gasteiger charge is 2.30. The van der Waals surface area contributed by atoms with Crippen LogP contribution in [0.1, 0.15) is 26.4 Å². The molecular weight excluding hydrogens is 561 g/mol. The molecule has 36 heavy (non-hydrogen) atoms. The van der Waals surface area contributed by atoms with E-state index in [1.165, 1.54) is 18.5 Å². The quantitative estimate of drug-likeness (QED) is 0.315. The second kappa shape index (κ2) is 9.86.